The number of aromatic nitrogens is 1. The summed E-state index contributed by atoms with van der Waals surface area (Å²) >= 11 is 1.17. The van der Waals surface area contributed by atoms with Crippen molar-refractivity contribution in [2.45, 2.75) is 12.7 Å². The van der Waals surface area contributed by atoms with Crippen LogP contribution in [0.5, 0.6) is 0 Å². The van der Waals surface area contributed by atoms with Crippen LogP contribution in [-0.4, -0.2) is 35.9 Å². The Morgan fingerprint density at radius 3 is 2.69 bits per heavy atom. The van der Waals surface area contributed by atoms with Gasteiger partial charge in [-0.1, -0.05) is 30.3 Å². The maximum atomic E-state index is 13.0. The number of likely N-dealkylation sites (N-methyl/N-ethyl adjacent to an activating group) is 1. The average Bonchev–Trinajstić information content (AvgIpc) is 3.14. The monoisotopic (exact) mass is 417 g/mol. The summed E-state index contributed by atoms with van der Waals surface area (Å²) in [6.45, 7) is 1.70. The van der Waals surface area contributed by atoms with Gasteiger partial charge in [0.15, 0.2) is 0 Å². The fourth-order valence-electron chi connectivity index (χ4n) is 3.36. The van der Waals surface area contributed by atoms with Crippen LogP contribution in [0.3, 0.4) is 0 Å². The second-order valence-corrected chi connectivity index (χ2v) is 7.75. The highest BCUT2D eigenvalue weighted by Crippen LogP contribution is 2.33. The largest absolute Gasteiger partial charge is 0.416 e. The molecule has 0 saturated heterocycles. The van der Waals surface area contributed by atoms with E-state index in [4.69, 9.17) is 0 Å². The van der Waals surface area contributed by atoms with Crippen molar-refractivity contribution in [3.8, 4) is 10.6 Å². The fraction of sp³-hybridized carbons (Fsp3) is 0.238. The lowest BCUT2D eigenvalue weighted by Gasteiger charge is -2.20. The molecule has 8 heteroatoms. The molecule has 0 fully saturated rings. The van der Waals surface area contributed by atoms with Crippen molar-refractivity contribution in [1.82, 2.24) is 9.88 Å². The molecule has 3 aromatic rings. The standard InChI is InChI=1S/C21H18F3N3OS/c1-26-9-10-27(12-15-5-2-3-8-18(15)26)20(28)17-13-29-19(25-17)14-6-4-7-16(11-14)21(22,23)24/h2-8,11,13H,9-10,12H2,1H3. The molecule has 29 heavy (non-hydrogen) atoms. The van der Waals surface area contributed by atoms with Crippen molar-refractivity contribution in [2.75, 3.05) is 25.0 Å². The van der Waals surface area contributed by atoms with E-state index in [2.05, 4.69) is 9.88 Å². The molecule has 1 aliphatic rings. The zero-order valence-corrected chi connectivity index (χ0v) is 16.4. The number of benzene rings is 2. The van der Waals surface area contributed by atoms with Gasteiger partial charge < -0.3 is 9.80 Å². The number of carbonyl (C=O) groups is 1. The summed E-state index contributed by atoms with van der Waals surface area (Å²) in [7, 11) is 1.99. The van der Waals surface area contributed by atoms with E-state index in [-0.39, 0.29) is 11.6 Å². The smallest absolute Gasteiger partial charge is 0.373 e. The van der Waals surface area contributed by atoms with Gasteiger partial charge in [0.25, 0.3) is 5.91 Å². The van der Waals surface area contributed by atoms with E-state index < -0.39 is 11.7 Å². The molecule has 0 saturated carbocycles. The molecule has 1 aliphatic heterocycles. The van der Waals surface area contributed by atoms with Gasteiger partial charge in [0.1, 0.15) is 10.7 Å². The van der Waals surface area contributed by atoms with Crippen molar-refractivity contribution >= 4 is 22.9 Å². The molecule has 150 valence electrons. The summed E-state index contributed by atoms with van der Waals surface area (Å²) < 4.78 is 38.9. The summed E-state index contributed by atoms with van der Waals surface area (Å²) in [6, 6.07) is 12.9. The Bertz CT molecular complexity index is 1050. The molecule has 1 aromatic heterocycles. The van der Waals surface area contributed by atoms with Gasteiger partial charge in [-0.3, -0.25) is 4.79 Å². The quantitative estimate of drug-likeness (QED) is 0.594. The fourth-order valence-corrected chi connectivity index (χ4v) is 4.15. The van der Waals surface area contributed by atoms with Crippen LogP contribution in [0.4, 0.5) is 18.9 Å². The average molecular weight is 417 g/mol. The second-order valence-electron chi connectivity index (χ2n) is 6.89. The van der Waals surface area contributed by atoms with E-state index in [0.717, 1.165) is 23.4 Å². The Hall–Kier alpha value is -2.87. The molecule has 0 spiro atoms. The van der Waals surface area contributed by atoms with E-state index in [1.165, 1.54) is 17.4 Å². The molecule has 0 atom stereocenters. The molecule has 0 bridgehead atoms. The van der Waals surface area contributed by atoms with Gasteiger partial charge in [0.2, 0.25) is 0 Å². The zero-order chi connectivity index (χ0) is 20.6. The summed E-state index contributed by atoms with van der Waals surface area (Å²) in [5.74, 6) is -0.218. The molecule has 2 aromatic carbocycles. The first kappa shape index (κ1) is 19.4. The molecule has 1 amide bonds. The minimum Gasteiger partial charge on any atom is -0.373 e. The number of para-hydroxylation sites is 1. The number of anilines is 1. The Balaban J connectivity index is 1.58. The molecule has 0 aliphatic carbocycles. The molecule has 4 nitrogen and oxygen atoms in total. The Kier molecular flexibility index (Phi) is 5.04. The van der Waals surface area contributed by atoms with Gasteiger partial charge >= 0.3 is 6.18 Å². The molecule has 0 N–H and O–H groups in total. The normalized spacial score (nSPS) is 14.5. The maximum absolute atomic E-state index is 13.0. The van der Waals surface area contributed by atoms with Crippen LogP contribution in [0.2, 0.25) is 0 Å². The van der Waals surface area contributed by atoms with Crippen molar-refractivity contribution in [3.63, 3.8) is 0 Å². The Morgan fingerprint density at radius 2 is 1.90 bits per heavy atom. The number of fused-ring (bicyclic) bond motifs is 1. The highest BCUT2D eigenvalue weighted by atomic mass is 32.1. The summed E-state index contributed by atoms with van der Waals surface area (Å²) in [4.78, 5) is 21.2. The first-order chi connectivity index (χ1) is 13.8. The Morgan fingerprint density at radius 1 is 1.10 bits per heavy atom. The van der Waals surface area contributed by atoms with Crippen LogP contribution in [0, 0.1) is 0 Å². The predicted molar refractivity (Wildman–Crippen MR) is 107 cm³/mol. The van der Waals surface area contributed by atoms with Gasteiger partial charge in [-0.05, 0) is 23.8 Å². The minimum absolute atomic E-state index is 0.218. The minimum atomic E-state index is -4.42. The van der Waals surface area contributed by atoms with Crippen LogP contribution < -0.4 is 4.90 Å². The summed E-state index contributed by atoms with van der Waals surface area (Å²) in [6.07, 6.45) is -4.42. The number of rotatable bonds is 2. The van der Waals surface area contributed by atoms with E-state index in [1.807, 2.05) is 31.3 Å². The summed E-state index contributed by atoms with van der Waals surface area (Å²) in [5.41, 5.74) is 2.01. The van der Waals surface area contributed by atoms with Gasteiger partial charge in [0, 0.05) is 43.3 Å². The second kappa shape index (κ2) is 7.51. The van der Waals surface area contributed by atoms with Crippen molar-refractivity contribution in [2.24, 2.45) is 0 Å². The first-order valence-corrected chi connectivity index (χ1v) is 9.92. The van der Waals surface area contributed by atoms with E-state index in [0.29, 0.717) is 30.2 Å². The van der Waals surface area contributed by atoms with Crippen molar-refractivity contribution in [1.29, 1.82) is 0 Å². The Labute approximate surface area is 170 Å². The number of alkyl halides is 3. The van der Waals surface area contributed by atoms with Crippen molar-refractivity contribution in [3.05, 3.63) is 70.7 Å². The number of carbonyl (C=O) groups excluding carboxylic acids is 1. The third-order valence-corrected chi connectivity index (χ3v) is 5.81. The van der Waals surface area contributed by atoms with Crippen molar-refractivity contribution < 1.29 is 18.0 Å². The number of hydrogen-bond acceptors (Lipinski definition) is 4. The lowest BCUT2D eigenvalue weighted by atomic mass is 10.1. The predicted octanol–water partition coefficient (Wildman–Crippen LogP) is 4.92. The topological polar surface area (TPSA) is 36.4 Å². The first-order valence-electron chi connectivity index (χ1n) is 9.04. The maximum Gasteiger partial charge on any atom is 0.416 e. The number of nitrogens with zero attached hydrogens (tertiary/aromatic N) is 3. The van der Waals surface area contributed by atoms with Crippen LogP contribution in [0.15, 0.2) is 53.9 Å². The number of thiazole rings is 1. The highest BCUT2D eigenvalue weighted by molar-refractivity contribution is 7.13. The third kappa shape index (κ3) is 3.98. The molecular weight excluding hydrogens is 399 g/mol. The van der Waals surface area contributed by atoms with E-state index in [9.17, 15) is 18.0 Å². The molecular formula is C21H18F3N3OS. The molecule has 2 heterocycles. The summed E-state index contributed by atoms with van der Waals surface area (Å²) in [5, 5.41) is 2.00. The zero-order valence-electron chi connectivity index (χ0n) is 15.6. The van der Waals surface area contributed by atoms with Gasteiger partial charge in [0.05, 0.1) is 5.56 Å². The SMILES string of the molecule is CN1CCN(C(=O)c2csc(-c3cccc(C(F)(F)F)c3)n2)Cc2ccccc21. The van der Waals surface area contributed by atoms with Gasteiger partial charge in [-0.25, -0.2) is 4.98 Å². The van der Waals surface area contributed by atoms with Crippen LogP contribution in [0.25, 0.3) is 10.6 Å². The van der Waals surface area contributed by atoms with Gasteiger partial charge in [-0.15, -0.1) is 11.3 Å². The van der Waals surface area contributed by atoms with Crippen LogP contribution in [-0.2, 0) is 12.7 Å². The highest BCUT2D eigenvalue weighted by Gasteiger charge is 2.31. The van der Waals surface area contributed by atoms with E-state index >= 15 is 0 Å². The lowest BCUT2D eigenvalue weighted by Crippen LogP contribution is -2.34. The number of amides is 1. The lowest BCUT2D eigenvalue weighted by molar-refractivity contribution is -0.137. The molecule has 0 radical (unpaired) electrons. The van der Waals surface area contributed by atoms with Gasteiger partial charge in [-0.2, -0.15) is 13.2 Å². The number of halogens is 3. The third-order valence-electron chi connectivity index (χ3n) is 4.92. The van der Waals surface area contributed by atoms with E-state index in [1.54, 1.807) is 16.3 Å². The molecule has 0 unspecified atom stereocenters. The van der Waals surface area contributed by atoms with Crippen LogP contribution in [0.1, 0.15) is 21.6 Å². The molecule has 4 rings (SSSR count). The van der Waals surface area contributed by atoms with Crippen LogP contribution >= 0.6 is 11.3 Å². The number of hydrogen-bond donors (Lipinski definition) is 0.